The van der Waals surface area contributed by atoms with Crippen LogP contribution in [0.25, 0.3) is 11.0 Å². The zero-order chi connectivity index (χ0) is 13.9. The van der Waals surface area contributed by atoms with Crippen molar-refractivity contribution in [3.05, 3.63) is 28.5 Å². The molecular formula is C15H17N3OS. The van der Waals surface area contributed by atoms with Gasteiger partial charge < -0.3 is 14.3 Å². The molecule has 1 unspecified atom stereocenters. The number of aryl methyl sites for hydroxylation is 1. The van der Waals surface area contributed by atoms with Crippen LogP contribution in [0.2, 0.25) is 0 Å². The molecule has 5 heteroatoms. The van der Waals surface area contributed by atoms with Crippen LogP contribution in [0.4, 0.5) is 0 Å². The van der Waals surface area contributed by atoms with Crippen molar-refractivity contribution >= 4 is 23.3 Å². The summed E-state index contributed by atoms with van der Waals surface area (Å²) in [5.41, 5.74) is 2.65. The standard InChI is InChI=1S/C15H17N3OS/c16-10-11-4-5-13-14(9-11)18(15(20)17-13)7-6-12-3-1-2-8-19-12/h4-5,9,12H,1-3,6-8H2,(H,17,20). The average Bonchev–Trinajstić information content (AvgIpc) is 2.80. The first kappa shape index (κ1) is 13.3. The topological polar surface area (TPSA) is 53.7 Å². The lowest BCUT2D eigenvalue weighted by Gasteiger charge is -2.22. The summed E-state index contributed by atoms with van der Waals surface area (Å²) >= 11 is 5.38. The van der Waals surface area contributed by atoms with E-state index < -0.39 is 0 Å². The highest BCUT2D eigenvalue weighted by Crippen LogP contribution is 2.20. The van der Waals surface area contributed by atoms with Crippen molar-refractivity contribution < 1.29 is 4.74 Å². The van der Waals surface area contributed by atoms with E-state index in [1.54, 1.807) is 0 Å². The van der Waals surface area contributed by atoms with Gasteiger partial charge in [-0.3, -0.25) is 0 Å². The fraction of sp³-hybridized carbons (Fsp3) is 0.467. The molecule has 20 heavy (non-hydrogen) atoms. The van der Waals surface area contributed by atoms with Crippen LogP contribution in [0.15, 0.2) is 18.2 Å². The van der Waals surface area contributed by atoms with Crippen LogP contribution < -0.4 is 0 Å². The molecule has 0 aliphatic carbocycles. The monoisotopic (exact) mass is 287 g/mol. The number of aromatic nitrogens is 2. The molecule has 4 nitrogen and oxygen atoms in total. The highest BCUT2D eigenvalue weighted by Gasteiger charge is 2.14. The van der Waals surface area contributed by atoms with E-state index in [4.69, 9.17) is 22.2 Å². The van der Waals surface area contributed by atoms with Crippen LogP contribution in [0, 0.1) is 16.1 Å². The van der Waals surface area contributed by atoms with Crippen molar-refractivity contribution in [3.63, 3.8) is 0 Å². The van der Waals surface area contributed by atoms with Gasteiger partial charge in [0, 0.05) is 13.2 Å². The van der Waals surface area contributed by atoms with Gasteiger partial charge in [0.05, 0.1) is 28.8 Å². The first-order chi connectivity index (χ1) is 9.78. The number of rotatable bonds is 3. The third kappa shape index (κ3) is 2.62. The normalized spacial score (nSPS) is 19.1. The number of nitrogens with one attached hydrogen (secondary N) is 1. The van der Waals surface area contributed by atoms with Gasteiger partial charge in [-0.1, -0.05) is 0 Å². The summed E-state index contributed by atoms with van der Waals surface area (Å²) in [5, 5.41) is 9.01. The highest BCUT2D eigenvalue weighted by atomic mass is 32.1. The Morgan fingerprint density at radius 3 is 3.10 bits per heavy atom. The second-order valence-corrected chi connectivity index (χ2v) is 5.59. The molecule has 1 atom stereocenters. The van der Waals surface area contributed by atoms with Crippen molar-refractivity contribution in [3.8, 4) is 6.07 Å². The molecule has 0 bridgehead atoms. The number of fused-ring (bicyclic) bond motifs is 1. The second-order valence-electron chi connectivity index (χ2n) is 5.20. The molecule has 1 aliphatic rings. The van der Waals surface area contributed by atoms with Gasteiger partial charge >= 0.3 is 0 Å². The lowest BCUT2D eigenvalue weighted by Crippen LogP contribution is -2.20. The number of benzene rings is 1. The third-order valence-electron chi connectivity index (χ3n) is 3.85. The molecule has 0 spiro atoms. The van der Waals surface area contributed by atoms with Gasteiger partial charge in [0.2, 0.25) is 0 Å². The van der Waals surface area contributed by atoms with Crippen LogP contribution in [0.5, 0.6) is 0 Å². The molecule has 3 rings (SSSR count). The minimum atomic E-state index is 0.342. The zero-order valence-electron chi connectivity index (χ0n) is 11.3. The third-order valence-corrected chi connectivity index (χ3v) is 4.18. The smallest absolute Gasteiger partial charge is 0.178 e. The van der Waals surface area contributed by atoms with Crippen LogP contribution in [-0.2, 0) is 11.3 Å². The average molecular weight is 287 g/mol. The Bertz CT molecular complexity index is 704. The summed E-state index contributed by atoms with van der Waals surface area (Å²) in [6.45, 7) is 1.71. The number of hydrogen-bond acceptors (Lipinski definition) is 3. The molecule has 2 aromatic rings. The highest BCUT2D eigenvalue weighted by molar-refractivity contribution is 7.71. The number of imidazole rings is 1. The maximum absolute atomic E-state index is 9.01. The Morgan fingerprint density at radius 2 is 2.35 bits per heavy atom. The van der Waals surface area contributed by atoms with E-state index in [0.717, 1.165) is 37.0 Å². The van der Waals surface area contributed by atoms with E-state index in [1.807, 2.05) is 18.2 Å². The number of hydrogen-bond donors (Lipinski definition) is 1. The van der Waals surface area contributed by atoms with E-state index in [-0.39, 0.29) is 0 Å². The van der Waals surface area contributed by atoms with Gasteiger partial charge in [-0.2, -0.15) is 5.26 Å². The van der Waals surface area contributed by atoms with Crippen LogP contribution >= 0.6 is 12.2 Å². The molecule has 1 saturated heterocycles. The minimum Gasteiger partial charge on any atom is -0.378 e. The van der Waals surface area contributed by atoms with Gasteiger partial charge in [0.1, 0.15) is 0 Å². The molecule has 2 heterocycles. The first-order valence-corrected chi connectivity index (χ1v) is 7.43. The fourth-order valence-corrected chi connectivity index (χ4v) is 3.05. The van der Waals surface area contributed by atoms with Crippen molar-refractivity contribution in [2.75, 3.05) is 6.61 Å². The lowest BCUT2D eigenvalue weighted by atomic mass is 10.1. The van der Waals surface area contributed by atoms with E-state index in [9.17, 15) is 0 Å². The van der Waals surface area contributed by atoms with Crippen molar-refractivity contribution in [2.24, 2.45) is 0 Å². The number of H-pyrrole nitrogens is 1. The second kappa shape index (κ2) is 5.78. The van der Waals surface area contributed by atoms with Crippen LogP contribution in [0.3, 0.4) is 0 Å². The fourth-order valence-electron chi connectivity index (χ4n) is 2.75. The summed E-state index contributed by atoms with van der Waals surface area (Å²) in [6.07, 6.45) is 4.88. The maximum Gasteiger partial charge on any atom is 0.178 e. The van der Waals surface area contributed by atoms with Gasteiger partial charge in [0.25, 0.3) is 0 Å². The Labute approximate surface area is 123 Å². The SMILES string of the molecule is N#Cc1ccc2[nH]c(=S)n(CCC3CCCCO3)c2c1. The first-order valence-electron chi connectivity index (χ1n) is 7.02. The zero-order valence-corrected chi connectivity index (χ0v) is 12.1. The lowest BCUT2D eigenvalue weighted by molar-refractivity contribution is 0.00892. The molecule has 0 radical (unpaired) electrons. The quantitative estimate of drug-likeness (QED) is 0.879. The van der Waals surface area contributed by atoms with Crippen LogP contribution in [-0.4, -0.2) is 22.3 Å². The summed E-state index contributed by atoms with van der Waals surface area (Å²) in [6, 6.07) is 7.79. The Balaban J connectivity index is 1.84. The molecule has 1 aromatic carbocycles. The van der Waals surface area contributed by atoms with E-state index in [2.05, 4.69) is 15.6 Å². The van der Waals surface area contributed by atoms with E-state index >= 15 is 0 Å². The number of nitriles is 1. The molecule has 1 aromatic heterocycles. The minimum absolute atomic E-state index is 0.342. The number of ether oxygens (including phenoxy) is 1. The van der Waals surface area contributed by atoms with Gasteiger partial charge in [0.15, 0.2) is 4.77 Å². The molecule has 0 amide bonds. The Hall–Kier alpha value is -1.64. The predicted molar refractivity (Wildman–Crippen MR) is 80.0 cm³/mol. The molecule has 0 saturated carbocycles. The number of aromatic amines is 1. The van der Waals surface area contributed by atoms with Crippen molar-refractivity contribution in [2.45, 2.75) is 38.3 Å². The van der Waals surface area contributed by atoms with Gasteiger partial charge in [-0.25, -0.2) is 0 Å². The Morgan fingerprint density at radius 1 is 1.45 bits per heavy atom. The molecular weight excluding hydrogens is 270 g/mol. The summed E-state index contributed by atoms with van der Waals surface area (Å²) in [4.78, 5) is 3.19. The predicted octanol–water partition coefficient (Wildman–Crippen LogP) is 3.53. The van der Waals surface area contributed by atoms with Crippen molar-refractivity contribution in [1.29, 1.82) is 5.26 Å². The van der Waals surface area contributed by atoms with E-state index in [1.165, 1.54) is 12.8 Å². The molecule has 104 valence electrons. The maximum atomic E-state index is 9.01. The molecule has 1 aliphatic heterocycles. The van der Waals surface area contributed by atoms with Gasteiger partial charge in [-0.15, -0.1) is 0 Å². The summed E-state index contributed by atoms with van der Waals surface area (Å²) in [5.74, 6) is 0. The Kier molecular flexibility index (Phi) is 3.86. The van der Waals surface area contributed by atoms with E-state index in [0.29, 0.717) is 16.4 Å². The van der Waals surface area contributed by atoms with Crippen LogP contribution in [0.1, 0.15) is 31.2 Å². The largest absolute Gasteiger partial charge is 0.378 e. The van der Waals surface area contributed by atoms with Gasteiger partial charge in [-0.05, 0) is 56.1 Å². The molecule has 1 fully saturated rings. The van der Waals surface area contributed by atoms with Crippen molar-refractivity contribution in [1.82, 2.24) is 9.55 Å². The molecule has 1 N–H and O–H groups in total. The summed E-state index contributed by atoms with van der Waals surface area (Å²) < 4.78 is 8.55. The number of nitrogens with zero attached hydrogens (tertiary/aromatic N) is 2. The summed E-state index contributed by atoms with van der Waals surface area (Å²) in [7, 11) is 0.